The summed E-state index contributed by atoms with van der Waals surface area (Å²) in [5.41, 5.74) is -0.130. The molecule has 8 heteroatoms. The van der Waals surface area contributed by atoms with Crippen LogP contribution in [-0.4, -0.2) is 32.0 Å². The molecule has 2 heterocycles. The first-order chi connectivity index (χ1) is 10.6. The molecule has 0 spiro atoms. The highest BCUT2D eigenvalue weighted by atomic mass is 32.1. The third-order valence-corrected chi connectivity index (χ3v) is 4.88. The summed E-state index contributed by atoms with van der Waals surface area (Å²) in [6.07, 6.45) is 0. The fourth-order valence-electron chi connectivity index (χ4n) is 2.41. The topological polar surface area (TPSA) is 77.2 Å². The Hall–Kier alpha value is -2.22. The summed E-state index contributed by atoms with van der Waals surface area (Å²) in [7, 11) is 4.50. The van der Waals surface area contributed by atoms with Crippen LogP contribution in [0.15, 0.2) is 15.7 Å². The van der Waals surface area contributed by atoms with E-state index < -0.39 is 11.2 Å². The third kappa shape index (κ3) is 2.98. The average molecular weight is 336 g/mol. The monoisotopic (exact) mass is 336 g/mol. The van der Waals surface area contributed by atoms with Gasteiger partial charge in [0.1, 0.15) is 5.69 Å². The van der Waals surface area contributed by atoms with Gasteiger partial charge in [-0.25, -0.2) is 9.78 Å². The molecule has 0 aliphatic carbocycles. The Morgan fingerprint density at radius 2 is 1.87 bits per heavy atom. The molecule has 0 unspecified atom stereocenters. The molecule has 0 bridgehead atoms. The lowest BCUT2D eigenvalue weighted by atomic mass is 10.2. The highest BCUT2D eigenvalue weighted by Gasteiger charge is 2.25. The van der Waals surface area contributed by atoms with Gasteiger partial charge >= 0.3 is 5.69 Å². The van der Waals surface area contributed by atoms with E-state index in [0.29, 0.717) is 0 Å². The van der Waals surface area contributed by atoms with Crippen molar-refractivity contribution in [1.29, 1.82) is 0 Å². The van der Waals surface area contributed by atoms with Crippen LogP contribution in [0.3, 0.4) is 0 Å². The Morgan fingerprint density at radius 3 is 2.39 bits per heavy atom. The highest BCUT2D eigenvalue weighted by molar-refractivity contribution is 7.11. The zero-order chi connectivity index (χ0) is 17.5. The van der Waals surface area contributed by atoms with E-state index in [-0.39, 0.29) is 17.6 Å². The molecule has 2 aromatic heterocycles. The molecule has 0 fully saturated rings. The van der Waals surface area contributed by atoms with E-state index >= 15 is 0 Å². The molecular formula is C15H20N4O3S. The van der Waals surface area contributed by atoms with Gasteiger partial charge in [-0.3, -0.25) is 18.7 Å². The first-order valence-electron chi connectivity index (χ1n) is 7.13. The predicted octanol–water partition coefficient (Wildman–Crippen LogP) is 0.991. The van der Waals surface area contributed by atoms with Gasteiger partial charge in [0.15, 0.2) is 0 Å². The lowest BCUT2D eigenvalue weighted by Crippen LogP contribution is -2.42. The van der Waals surface area contributed by atoms with Crippen molar-refractivity contribution in [1.82, 2.24) is 19.0 Å². The van der Waals surface area contributed by atoms with Crippen LogP contribution >= 0.6 is 11.3 Å². The largest absolute Gasteiger partial charge is 0.332 e. The number of hydrogen-bond donors (Lipinski definition) is 0. The quantitative estimate of drug-likeness (QED) is 0.837. The van der Waals surface area contributed by atoms with Crippen LogP contribution in [-0.2, 0) is 14.1 Å². The lowest BCUT2D eigenvalue weighted by Gasteiger charge is -2.25. The number of aromatic nitrogens is 3. The van der Waals surface area contributed by atoms with Crippen LogP contribution in [0.1, 0.15) is 39.0 Å². The molecule has 0 saturated carbocycles. The third-order valence-electron chi connectivity index (χ3n) is 3.98. The van der Waals surface area contributed by atoms with Gasteiger partial charge in [0, 0.05) is 32.1 Å². The summed E-state index contributed by atoms with van der Waals surface area (Å²) < 4.78 is 2.15. The fourth-order valence-corrected chi connectivity index (χ4v) is 3.32. The predicted molar refractivity (Wildman–Crippen MR) is 89.0 cm³/mol. The number of carbonyl (C=O) groups is 1. The normalized spacial score (nSPS) is 12.3. The van der Waals surface area contributed by atoms with Crippen molar-refractivity contribution in [2.24, 2.45) is 14.1 Å². The van der Waals surface area contributed by atoms with Gasteiger partial charge in [-0.1, -0.05) is 0 Å². The fraction of sp³-hybridized carbons (Fsp3) is 0.467. The summed E-state index contributed by atoms with van der Waals surface area (Å²) in [5, 5.41) is 0.936. The molecule has 0 aromatic carbocycles. The van der Waals surface area contributed by atoms with E-state index in [1.807, 2.05) is 20.8 Å². The molecule has 1 atom stereocenters. The van der Waals surface area contributed by atoms with Crippen molar-refractivity contribution in [3.8, 4) is 0 Å². The maximum absolute atomic E-state index is 12.7. The maximum Gasteiger partial charge on any atom is 0.331 e. The van der Waals surface area contributed by atoms with Crippen LogP contribution in [0.5, 0.6) is 0 Å². The van der Waals surface area contributed by atoms with Gasteiger partial charge in [0.25, 0.3) is 11.5 Å². The number of thiazole rings is 1. The van der Waals surface area contributed by atoms with Gasteiger partial charge in [-0.05, 0) is 20.8 Å². The van der Waals surface area contributed by atoms with Crippen LogP contribution < -0.4 is 11.2 Å². The van der Waals surface area contributed by atoms with Crippen molar-refractivity contribution in [2.45, 2.75) is 26.8 Å². The molecule has 0 aliphatic heterocycles. The number of carbonyl (C=O) groups excluding carboxylic acids is 1. The van der Waals surface area contributed by atoms with Crippen LogP contribution in [0.25, 0.3) is 0 Å². The van der Waals surface area contributed by atoms with Crippen molar-refractivity contribution < 1.29 is 4.79 Å². The summed E-state index contributed by atoms with van der Waals surface area (Å²) in [6, 6.07) is 0.929. The Kier molecular flexibility index (Phi) is 4.56. The maximum atomic E-state index is 12.7. The molecule has 2 aromatic rings. The molecule has 23 heavy (non-hydrogen) atoms. The molecule has 124 valence electrons. The number of amides is 1. The van der Waals surface area contributed by atoms with Crippen LogP contribution in [0.4, 0.5) is 0 Å². The van der Waals surface area contributed by atoms with E-state index in [9.17, 15) is 14.4 Å². The number of aryl methyl sites for hydroxylation is 2. The highest BCUT2D eigenvalue weighted by Crippen LogP contribution is 2.26. The molecule has 0 radical (unpaired) electrons. The average Bonchev–Trinajstić information content (AvgIpc) is 2.85. The Labute approximate surface area is 137 Å². The minimum Gasteiger partial charge on any atom is -0.332 e. The van der Waals surface area contributed by atoms with Crippen molar-refractivity contribution in [2.75, 3.05) is 7.05 Å². The van der Waals surface area contributed by atoms with Gasteiger partial charge in [0.05, 0.1) is 16.7 Å². The standard InChI is InChI=1S/C15H20N4O3S/c1-8(13-9(2)23-10(3)16-13)17(4)14(21)11-7-12(20)19(6)15(22)18(11)5/h7-8H,1-6H3/t8-/m0/s1. The first kappa shape index (κ1) is 17.1. The van der Waals surface area contributed by atoms with Crippen molar-refractivity contribution >= 4 is 17.2 Å². The van der Waals surface area contributed by atoms with Crippen molar-refractivity contribution in [3.63, 3.8) is 0 Å². The van der Waals surface area contributed by atoms with Gasteiger partial charge in [-0.2, -0.15) is 0 Å². The zero-order valence-corrected chi connectivity index (χ0v) is 14.9. The Morgan fingerprint density at radius 1 is 1.26 bits per heavy atom. The molecule has 0 N–H and O–H groups in total. The Bertz CT molecular complexity index is 878. The summed E-state index contributed by atoms with van der Waals surface area (Å²) in [5.74, 6) is -0.389. The number of hydrogen-bond acceptors (Lipinski definition) is 5. The molecule has 1 amide bonds. The lowest BCUT2D eigenvalue weighted by molar-refractivity contribution is 0.0727. The number of rotatable bonds is 3. The minimum absolute atomic E-state index is 0.0667. The van der Waals surface area contributed by atoms with Crippen molar-refractivity contribution in [3.05, 3.63) is 48.2 Å². The van der Waals surface area contributed by atoms with E-state index in [4.69, 9.17) is 0 Å². The van der Waals surface area contributed by atoms with E-state index in [1.54, 1.807) is 18.4 Å². The second kappa shape index (κ2) is 6.11. The molecule has 0 saturated heterocycles. The molecule has 7 nitrogen and oxygen atoms in total. The van der Waals surface area contributed by atoms with E-state index in [0.717, 1.165) is 20.1 Å². The van der Waals surface area contributed by atoms with Crippen LogP contribution in [0, 0.1) is 13.8 Å². The van der Waals surface area contributed by atoms with Gasteiger partial charge in [-0.15, -0.1) is 11.3 Å². The summed E-state index contributed by atoms with van der Waals surface area (Å²) in [4.78, 5) is 43.5. The second-order valence-electron chi connectivity index (χ2n) is 5.53. The van der Waals surface area contributed by atoms with Crippen LogP contribution in [0.2, 0.25) is 0 Å². The van der Waals surface area contributed by atoms with E-state index in [1.165, 1.54) is 29.6 Å². The zero-order valence-electron chi connectivity index (χ0n) is 14.1. The summed E-state index contributed by atoms with van der Waals surface area (Å²) in [6.45, 7) is 5.75. The SMILES string of the molecule is Cc1nc([C@H](C)N(C)C(=O)c2cc(=O)n(C)c(=O)n2C)c(C)s1. The minimum atomic E-state index is -0.525. The molecule has 2 rings (SSSR count). The smallest absolute Gasteiger partial charge is 0.331 e. The second-order valence-corrected chi connectivity index (χ2v) is 6.94. The number of nitrogens with zero attached hydrogens (tertiary/aromatic N) is 4. The first-order valence-corrected chi connectivity index (χ1v) is 7.95. The summed E-state index contributed by atoms with van der Waals surface area (Å²) >= 11 is 1.57. The molecule has 0 aliphatic rings. The molecular weight excluding hydrogens is 316 g/mol. The van der Waals surface area contributed by atoms with Gasteiger partial charge in [0.2, 0.25) is 0 Å². The van der Waals surface area contributed by atoms with E-state index in [2.05, 4.69) is 4.98 Å². The Balaban J connectivity index is 2.43. The van der Waals surface area contributed by atoms with Gasteiger partial charge < -0.3 is 4.90 Å².